The second kappa shape index (κ2) is 48.4. The number of benzene rings is 1. The largest absolute Gasteiger partial charge is 0.481 e. The molecule has 0 aromatic heterocycles. The number of amides is 13. The molecule has 13 amide bonds. The van der Waals surface area contributed by atoms with E-state index in [2.05, 4.69) is 54.8 Å². The van der Waals surface area contributed by atoms with Crippen LogP contribution in [0.2, 0.25) is 0 Å². The minimum absolute atomic E-state index is 0.0525. The van der Waals surface area contributed by atoms with Gasteiger partial charge in [-0.2, -0.15) is 23.5 Å². The normalized spacial score (nSPS) is 28.6. The SMILES string of the molecule is CC1CCCCCCCCCCCCCCCC(=O)N2CCC[C@H]2C(=O)N[C@@H](CCC(N)=O)C(=O)N[C@H]2CSCc3ccccc3CSC[C@H](NC(=O)[C@H](CCC(=O)O)NC(=O)CNC(=O)[C@H]([C@@H](C)O)NC(=O)[C@H](CCC(=O)O)NC(=O)[C@@H]3CCCN3C(=O)[C@H](CC(=O)O)NC2=O)C(=O)N[C@H](C(=O)C2CCC[C@H]2C(N)=O)CC1C. The Morgan fingerprint density at radius 2 is 0.947 bits per heavy atom. The number of rotatable bonds is 15. The number of fused-ring (bicyclic) bond motifs is 8. The number of hydrogen-bond donors (Lipinski definition) is 15. The number of carbonyl (C=O) groups is 17. The van der Waals surface area contributed by atoms with Gasteiger partial charge in [0.2, 0.25) is 76.8 Å². The Morgan fingerprint density at radius 1 is 0.482 bits per heavy atom. The number of carbonyl (C=O) groups excluding carboxylic acids is 14. The van der Waals surface area contributed by atoms with Crippen molar-refractivity contribution in [2.45, 2.75) is 291 Å². The van der Waals surface area contributed by atoms with Crippen LogP contribution in [0.5, 0.6) is 0 Å². The van der Waals surface area contributed by atoms with Gasteiger partial charge in [0.05, 0.1) is 25.1 Å². The van der Waals surface area contributed by atoms with Gasteiger partial charge in [-0.15, -0.1) is 0 Å². The molecule has 4 aliphatic heterocycles. The molecule has 34 nitrogen and oxygen atoms in total. The van der Waals surface area contributed by atoms with E-state index >= 15 is 9.59 Å². The first-order chi connectivity index (χ1) is 54.3. The average Bonchev–Trinajstić information content (AvgIpc) is 1.63. The minimum Gasteiger partial charge on any atom is -0.481 e. The lowest BCUT2D eigenvalue weighted by Crippen LogP contribution is -2.61. The van der Waals surface area contributed by atoms with Crippen LogP contribution < -0.4 is 59.3 Å². The second-order valence-electron chi connectivity index (χ2n) is 30.9. The van der Waals surface area contributed by atoms with Gasteiger partial charge in [0.15, 0.2) is 5.78 Å². The van der Waals surface area contributed by atoms with Crippen molar-refractivity contribution in [3.8, 4) is 0 Å². The summed E-state index contributed by atoms with van der Waals surface area (Å²) < 4.78 is 0. The highest BCUT2D eigenvalue weighted by atomic mass is 32.2. The third-order valence-electron chi connectivity index (χ3n) is 22.1. The molecular weight excluding hydrogens is 1520 g/mol. The molecule has 17 N–H and O–H groups in total. The lowest BCUT2D eigenvalue weighted by atomic mass is 9.81. The van der Waals surface area contributed by atoms with E-state index in [0.29, 0.717) is 43.2 Å². The Hall–Kier alpha value is -8.93. The molecule has 0 spiro atoms. The van der Waals surface area contributed by atoms with Crippen LogP contribution >= 0.6 is 23.5 Å². The molecular formula is C78H119N13O21S2. The zero-order valence-corrected chi connectivity index (χ0v) is 67.4. The first-order valence-corrected chi connectivity index (χ1v) is 42.6. The molecule has 6 rings (SSSR count). The van der Waals surface area contributed by atoms with E-state index in [1.54, 1.807) is 24.3 Å². The van der Waals surface area contributed by atoms with E-state index in [1.165, 1.54) is 4.90 Å². The number of aliphatic hydroxyl groups is 1. The van der Waals surface area contributed by atoms with E-state index in [9.17, 15) is 92.3 Å². The molecule has 15 atom stereocenters. The molecule has 1 aliphatic carbocycles. The van der Waals surface area contributed by atoms with Crippen molar-refractivity contribution in [1.82, 2.24) is 57.7 Å². The van der Waals surface area contributed by atoms with E-state index in [0.717, 1.165) is 119 Å². The van der Waals surface area contributed by atoms with Gasteiger partial charge in [0, 0.05) is 73.6 Å². The molecule has 114 heavy (non-hydrogen) atoms. The standard InChI is InChI=1S/C78H119N13O21S2/c1-45-22-15-13-11-9-7-5-4-6-8-10-12-14-16-29-63(95)90-36-20-27-59(90)75(109)83-53(30-33-61(79)93)71(105)88-58-44-114-42-49-24-18-17-23-48(49)41-113-43-57(73(107)85-55(38-46(45)2)68(102)50-25-19-26-51(50)69(80)103)87-70(104)52(31-34-64(96)97)82-62(94)40-81-77(111)67(47(3)92)89-72(106)54(32-35-65(98)99)84-76(110)60-28-21-37-91(60)78(112)56(39-66(100)101)86-74(58)108/h17-18,23-24,45-47,50-60,67,92H,4-16,19-22,25-44H2,1-3H3,(H2,79,93)(H2,80,103)(H,81,111)(H,82,94)(H,83,109)(H,84,110)(H,85,107)(H,86,108)(H,87,104)(H,88,105)(H,89,106)(H,96,97)(H,98,99)(H,100,101)/t45?,46?,47-,50?,51-,52+,53+,54+,55+,56+,57+,58+,59+,60+,67+/m1/s1. The topological polar surface area (TPSA) is 538 Å². The monoisotopic (exact) mass is 1640 g/mol. The highest BCUT2D eigenvalue weighted by Crippen LogP contribution is 2.35. The van der Waals surface area contributed by atoms with E-state index in [4.69, 9.17) is 11.5 Å². The quantitative estimate of drug-likeness (QED) is 0.119. The molecule has 2 bridgehead atoms. The Morgan fingerprint density at radius 3 is 1.46 bits per heavy atom. The zero-order valence-electron chi connectivity index (χ0n) is 65.7. The van der Waals surface area contributed by atoms with Crippen LogP contribution in [0.15, 0.2) is 24.3 Å². The van der Waals surface area contributed by atoms with E-state index < -0.39 is 224 Å². The van der Waals surface area contributed by atoms with Gasteiger partial charge in [-0.05, 0) is 101 Å². The highest BCUT2D eigenvalue weighted by Gasteiger charge is 2.45. The maximum absolute atomic E-state index is 15.3. The number of aliphatic carboxylic acids is 3. The first kappa shape index (κ1) is 93.9. The van der Waals surface area contributed by atoms with E-state index in [1.807, 2.05) is 6.92 Å². The summed E-state index contributed by atoms with van der Waals surface area (Å²) in [6, 6.07) is -9.10. The lowest BCUT2D eigenvalue weighted by Gasteiger charge is -2.31. The smallest absolute Gasteiger partial charge is 0.305 e. The summed E-state index contributed by atoms with van der Waals surface area (Å²) in [6.07, 6.45) is 9.35. The first-order valence-electron chi connectivity index (χ1n) is 40.3. The van der Waals surface area contributed by atoms with Crippen LogP contribution in [-0.4, -0.2) is 228 Å². The van der Waals surface area contributed by atoms with Crippen molar-refractivity contribution in [3.63, 3.8) is 0 Å². The fourth-order valence-corrected chi connectivity index (χ4v) is 17.5. The Labute approximate surface area is 673 Å². The molecule has 1 aromatic carbocycles. The molecule has 1 saturated carbocycles. The summed E-state index contributed by atoms with van der Waals surface area (Å²) >= 11 is 2.20. The Bertz CT molecular complexity index is 3530. The number of aliphatic hydroxyl groups excluding tert-OH is 1. The van der Waals surface area contributed by atoms with Crippen LogP contribution in [0.25, 0.3) is 0 Å². The van der Waals surface area contributed by atoms with Crippen molar-refractivity contribution >= 4 is 124 Å². The summed E-state index contributed by atoms with van der Waals surface area (Å²) in [5, 5.41) is 63.5. The number of primary amides is 2. The summed E-state index contributed by atoms with van der Waals surface area (Å²) in [7, 11) is 0. The van der Waals surface area contributed by atoms with Crippen LogP contribution in [0.3, 0.4) is 0 Å². The minimum atomic E-state index is -1.97. The van der Waals surface area contributed by atoms with Gasteiger partial charge in [-0.1, -0.05) is 128 Å². The molecule has 3 fully saturated rings. The molecule has 634 valence electrons. The maximum atomic E-state index is 15.3. The molecule has 3 unspecified atom stereocenters. The third-order valence-corrected chi connectivity index (χ3v) is 24.3. The van der Waals surface area contributed by atoms with Crippen molar-refractivity contribution in [3.05, 3.63) is 35.4 Å². The predicted molar refractivity (Wildman–Crippen MR) is 420 cm³/mol. The number of Topliss-reactive ketones (excluding diaryl/α,β-unsaturated/α-hetero) is 1. The highest BCUT2D eigenvalue weighted by molar-refractivity contribution is 7.99. The number of thioether (sulfide) groups is 2. The fraction of sp³-hybridized carbons (Fsp3) is 0.705. The molecule has 36 heteroatoms. The average molecular weight is 1640 g/mol. The van der Waals surface area contributed by atoms with Crippen LogP contribution in [0, 0.1) is 23.7 Å². The molecule has 5 aliphatic rings. The van der Waals surface area contributed by atoms with Gasteiger partial charge < -0.3 is 89.5 Å². The van der Waals surface area contributed by atoms with Crippen LogP contribution in [-0.2, 0) is 93.0 Å². The summed E-state index contributed by atoms with van der Waals surface area (Å²) in [4.78, 5) is 239. The number of carboxylic acid groups (broad SMARTS) is 3. The maximum Gasteiger partial charge on any atom is 0.305 e. The molecule has 2 saturated heterocycles. The number of ketones is 1. The number of nitrogens with two attached hydrogens (primary N) is 2. The summed E-state index contributed by atoms with van der Waals surface area (Å²) in [5.74, 6) is -19.4. The zero-order chi connectivity index (χ0) is 83.6. The number of nitrogens with one attached hydrogen (secondary N) is 9. The molecule has 1 aromatic rings. The van der Waals surface area contributed by atoms with Gasteiger partial charge in [0.1, 0.15) is 54.4 Å². The summed E-state index contributed by atoms with van der Waals surface area (Å²) in [5.41, 5.74) is 12.7. The predicted octanol–water partition coefficient (Wildman–Crippen LogP) is 1.99. The summed E-state index contributed by atoms with van der Waals surface area (Å²) in [6.45, 7) is 4.20. The second-order valence-corrected chi connectivity index (χ2v) is 33.0. The lowest BCUT2D eigenvalue weighted by molar-refractivity contribution is -0.146. The van der Waals surface area contributed by atoms with Crippen molar-refractivity contribution in [2.75, 3.05) is 31.1 Å². The van der Waals surface area contributed by atoms with Gasteiger partial charge in [-0.3, -0.25) is 81.5 Å². The van der Waals surface area contributed by atoms with Crippen LogP contribution in [0.1, 0.15) is 225 Å². The van der Waals surface area contributed by atoms with Crippen LogP contribution in [0.4, 0.5) is 0 Å². The van der Waals surface area contributed by atoms with Gasteiger partial charge >= 0.3 is 17.9 Å². The molecule has 0 radical (unpaired) electrons. The van der Waals surface area contributed by atoms with E-state index in [-0.39, 0.29) is 85.9 Å². The number of nitrogens with zero attached hydrogens (tertiary/aromatic N) is 2. The Kier molecular flexibility index (Phi) is 39.9. The number of hydrogen-bond acceptors (Lipinski definition) is 20. The van der Waals surface area contributed by atoms with Crippen molar-refractivity contribution < 1.29 is 102 Å². The molecule has 4 heterocycles. The van der Waals surface area contributed by atoms with Crippen molar-refractivity contribution in [1.29, 1.82) is 0 Å². The van der Waals surface area contributed by atoms with Gasteiger partial charge in [0.25, 0.3) is 0 Å². The Balaban J connectivity index is 1.45. The van der Waals surface area contributed by atoms with Crippen molar-refractivity contribution in [2.24, 2.45) is 35.1 Å². The fourth-order valence-electron chi connectivity index (χ4n) is 15.3. The third kappa shape index (κ3) is 31.0. The number of carboxylic acids is 3. The van der Waals surface area contributed by atoms with Gasteiger partial charge in [-0.25, -0.2) is 0 Å².